The predicted octanol–water partition coefficient (Wildman–Crippen LogP) is 4.03. The molecule has 0 N–H and O–H groups in total. The molecule has 1 unspecified atom stereocenters. The molecule has 0 aliphatic carbocycles. The highest BCUT2D eigenvalue weighted by molar-refractivity contribution is 5.94. The molecule has 1 aliphatic heterocycles. The van der Waals surface area contributed by atoms with E-state index in [0.29, 0.717) is 35.9 Å². The number of hydrogen-bond donors (Lipinski definition) is 0. The van der Waals surface area contributed by atoms with Crippen molar-refractivity contribution in [1.29, 1.82) is 0 Å². The Morgan fingerprint density at radius 3 is 2.41 bits per heavy atom. The van der Waals surface area contributed by atoms with Crippen molar-refractivity contribution in [1.82, 2.24) is 15.0 Å². The minimum atomic E-state index is -0.373. The molecule has 1 fully saturated rings. The van der Waals surface area contributed by atoms with Gasteiger partial charge in [0.2, 0.25) is 11.7 Å². The summed E-state index contributed by atoms with van der Waals surface area (Å²) in [6, 6.07) is 11.4. The van der Waals surface area contributed by atoms with E-state index in [1.807, 2.05) is 0 Å². The molecule has 0 bridgehead atoms. The molecule has 3 aromatic rings. The summed E-state index contributed by atoms with van der Waals surface area (Å²) in [6.45, 7) is 1.09. The zero-order valence-electron chi connectivity index (χ0n) is 14.4. The van der Waals surface area contributed by atoms with Gasteiger partial charge in [-0.2, -0.15) is 4.98 Å². The molecule has 138 valence electrons. The lowest BCUT2D eigenvalue weighted by molar-refractivity contribution is 0.0695. The van der Waals surface area contributed by atoms with Crippen molar-refractivity contribution in [3.05, 3.63) is 71.6 Å². The topological polar surface area (TPSA) is 59.2 Å². The van der Waals surface area contributed by atoms with Crippen LogP contribution in [-0.2, 0) is 0 Å². The van der Waals surface area contributed by atoms with Crippen molar-refractivity contribution < 1.29 is 18.1 Å². The number of halogens is 2. The van der Waals surface area contributed by atoms with E-state index in [-0.39, 0.29) is 23.5 Å². The van der Waals surface area contributed by atoms with Crippen molar-refractivity contribution >= 4 is 5.91 Å². The van der Waals surface area contributed by atoms with Crippen LogP contribution in [0.3, 0.4) is 0 Å². The maximum absolute atomic E-state index is 13.1. The molecular weight excluding hydrogens is 352 g/mol. The quantitative estimate of drug-likeness (QED) is 0.699. The van der Waals surface area contributed by atoms with Gasteiger partial charge in [0.15, 0.2) is 0 Å². The fourth-order valence-corrected chi connectivity index (χ4v) is 3.26. The number of hydrogen-bond acceptors (Lipinski definition) is 4. The molecule has 1 aromatic heterocycles. The van der Waals surface area contributed by atoms with E-state index in [4.69, 9.17) is 4.52 Å². The van der Waals surface area contributed by atoms with E-state index >= 15 is 0 Å². The molecule has 5 nitrogen and oxygen atoms in total. The van der Waals surface area contributed by atoms with Gasteiger partial charge in [0.1, 0.15) is 11.6 Å². The van der Waals surface area contributed by atoms with Crippen LogP contribution in [0.15, 0.2) is 53.1 Å². The summed E-state index contributed by atoms with van der Waals surface area (Å²) >= 11 is 0. The van der Waals surface area contributed by atoms with Gasteiger partial charge in [-0.3, -0.25) is 4.79 Å². The van der Waals surface area contributed by atoms with Crippen LogP contribution in [0.4, 0.5) is 8.78 Å². The Morgan fingerprint density at radius 1 is 1.04 bits per heavy atom. The van der Waals surface area contributed by atoms with Gasteiger partial charge in [0, 0.05) is 24.2 Å². The molecule has 1 amide bonds. The van der Waals surface area contributed by atoms with E-state index < -0.39 is 0 Å². The predicted molar refractivity (Wildman–Crippen MR) is 94.0 cm³/mol. The van der Waals surface area contributed by atoms with Crippen molar-refractivity contribution in [3.63, 3.8) is 0 Å². The van der Waals surface area contributed by atoms with Crippen molar-refractivity contribution in [2.24, 2.45) is 0 Å². The first-order valence-electron chi connectivity index (χ1n) is 8.74. The molecular formula is C20H17F2N3O2. The third-order valence-electron chi connectivity index (χ3n) is 4.69. The van der Waals surface area contributed by atoms with Crippen molar-refractivity contribution in [2.75, 3.05) is 13.1 Å². The second kappa shape index (κ2) is 7.26. The van der Waals surface area contributed by atoms with Gasteiger partial charge < -0.3 is 9.42 Å². The van der Waals surface area contributed by atoms with Crippen LogP contribution in [0.25, 0.3) is 11.4 Å². The lowest BCUT2D eigenvalue weighted by atomic mass is 9.97. The van der Waals surface area contributed by atoms with Crippen LogP contribution >= 0.6 is 0 Å². The van der Waals surface area contributed by atoms with E-state index in [0.717, 1.165) is 12.8 Å². The van der Waals surface area contributed by atoms with E-state index in [1.165, 1.54) is 36.4 Å². The largest absolute Gasteiger partial charge is 0.339 e. The number of aromatic nitrogens is 2. The minimum Gasteiger partial charge on any atom is -0.339 e. The number of likely N-dealkylation sites (tertiary alicyclic amines) is 1. The summed E-state index contributed by atoms with van der Waals surface area (Å²) in [5, 5.41) is 3.98. The first kappa shape index (κ1) is 17.3. The average Bonchev–Trinajstić information content (AvgIpc) is 3.19. The van der Waals surface area contributed by atoms with Gasteiger partial charge in [-0.25, -0.2) is 8.78 Å². The number of benzene rings is 2. The summed E-state index contributed by atoms with van der Waals surface area (Å²) in [5.41, 5.74) is 1.12. The van der Waals surface area contributed by atoms with Gasteiger partial charge >= 0.3 is 0 Å². The van der Waals surface area contributed by atoms with E-state index in [9.17, 15) is 13.6 Å². The Balaban J connectivity index is 1.49. The Labute approximate surface area is 154 Å². The van der Waals surface area contributed by atoms with E-state index in [1.54, 1.807) is 17.0 Å². The van der Waals surface area contributed by atoms with Gasteiger partial charge in [-0.1, -0.05) is 5.16 Å². The number of piperidine rings is 1. The molecule has 1 aliphatic rings. The number of nitrogens with zero attached hydrogens (tertiary/aromatic N) is 3. The first-order valence-corrected chi connectivity index (χ1v) is 8.74. The van der Waals surface area contributed by atoms with Crippen molar-refractivity contribution in [3.8, 4) is 11.4 Å². The second-order valence-corrected chi connectivity index (χ2v) is 6.56. The molecule has 0 radical (unpaired) electrons. The number of amides is 1. The Morgan fingerprint density at radius 2 is 1.70 bits per heavy atom. The highest BCUT2D eigenvalue weighted by Gasteiger charge is 2.29. The monoisotopic (exact) mass is 369 g/mol. The van der Waals surface area contributed by atoms with Gasteiger partial charge in [-0.15, -0.1) is 0 Å². The molecule has 27 heavy (non-hydrogen) atoms. The van der Waals surface area contributed by atoms with Crippen LogP contribution in [-0.4, -0.2) is 34.0 Å². The van der Waals surface area contributed by atoms with Crippen LogP contribution in [0.5, 0.6) is 0 Å². The molecule has 2 heterocycles. The summed E-state index contributed by atoms with van der Waals surface area (Å²) in [7, 11) is 0. The van der Waals surface area contributed by atoms with Crippen LogP contribution in [0, 0.1) is 11.6 Å². The van der Waals surface area contributed by atoms with Gasteiger partial charge in [-0.05, 0) is 61.4 Å². The van der Waals surface area contributed by atoms with Gasteiger partial charge in [0.05, 0.1) is 5.92 Å². The Bertz CT molecular complexity index is 939. The maximum Gasteiger partial charge on any atom is 0.253 e. The van der Waals surface area contributed by atoms with Crippen LogP contribution < -0.4 is 0 Å². The molecule has 4 rings (SSSR count). The second-order valence-electron chi connectivity index (χ2n) is 6.56. The third kappa shape index (κ3) is 3.72. The minimum absolute atomic E-state index is 0.0650. The SMILES string of the molecule is O=C(c1ccc(F)cc1)N1CCCC(c2nc(-c3ccc(F)cc3)no2)C1. The molecule has 1 atom stereocenters. The fraction of sp³-hybridized carbons (Fsp3) is 0.250. The summed E-state index contributed by atoms with van der Waals surface area (Å²) in [4.78, 5) is 18.8. The normalized spacial score (nSPS) is 17.1. The van der Waals surface area contributed by atoms with Crippen LogP contribution in [0.2, 0.25) is 0 Å². The van der Waals surface area contributed by atoms with Crippen molar-refractivity contribution in [2.45, 2.75) is 18.8 Å². The number of carbonyl (C=O) groups is 1. The number of carbonyl (C=O) groups excluding carboxylic acids is 1. The smallest absolute Gasteiger partial charge is 0.253 e. The number of rotatable bonds is 3. The highest BCUT2D eigenvalue weighted by Crippen LogP contribution is 2.28. The zero-order valence-corrected chi connectivity index (χ0v) is 14.4. The standard InChI is InChI=1S/C20H17F2N3O2/c21-16-7-3-13(4-8-16)18-23-19(27-24-18)15-2-1-11-25(12-15)20(26)14-5-9-17(22)10-6-14/h3-10,15H,1-2,11-12H2. The molecule has 2 aromatic carbocycles. The summed E-state index contributed by atoms with van der Waals surface area (Å²) in [5.74, 6) is -0.0484. The zero-order chi connectivity index (χ0) is 18.8. The molecule has 7 heteroatoms. The lowest BCUT2D eigenvalue weighted by Gasteiger charge is -2.31. The highest BCUT2D eigenvalue weighted by atomic mass is 19.1. The maximum atomic E-state index is 13.1. The van der Waals surface area contributed by atoms with Gasteiger partial charge in [0.25, 0.3) is 5.91 Å². The first-order chi connectivity index (χ1) is 13.1. The summed E-state index contributed by atoms with van der Waals surface area (Å²) in [6.07, 6.45) is 1.64. The molecule has 1 saturated heterocycles. The molecule has 0 saturated carbocycles. The fourth-order valence-electron chi connectivity index (χ4n) is 3.26. The van der Waals surface area contributed by atoms with E-state index in [2.05, 4.69) is 10.1 Å². The average molecular weight is 369 g/mol. The Kier molecular flexibility index (Phi) is 4.66. The Hall–Kier alpha value is -3.09. The third-order valence-corrected chi connectivity index (χ3v) is 4.69. The molecule has 0 spiro atoms. The van der Waals surface area contributed by atoms with Crippen LogP contribution in [0.1, 0.15) is 35.0 Å². The summed E-state index contributed by atoms with van der Waals surface area (Å²) < 4.78 is 31.5. The lowest BCUT2D eigenvalue weighted by Crippen LogP contribution is -2.39.